The van der Waals surface area contributed by atoms with E-state index >= 15 is 0 Å². The minimum absolute atomic E-state index is 0.242. The van der Waals surface area contributed by atoms with Crippen molar-refractivity contribution in [1.82, 2.24) is 4.98 Å². The smallest absolute Gasteiger partial charge is 0.0869 e. The quantitative estimate of drug-likeness (QED) is 0.843. The van der Waals surface area contributed by atoms with E-state index in [1.807, 2.05) is 32.0 Å². The zero-order chi connectivity index (χ0) is 10.8. The third-order valence-electron chi connectivity index (χ3n) is 2.23. The van der Waals surface area contributed by atoms with E-state index in [2.05, 4.69) is 11.1 Å². The summed E-state index contributed by atoms with van der Waals surface area (Å²) < 4.78 is 5.52. The van der Waals surface area contributed by atoms with Gasteiger partial charge in [-0.15, -0.1) is 0 Å². The molecule has 3 heteroatoms. The van der Waals surface area contributed by atoms with Crippen molar-refractivity contribution in [3.05, 3.63) is 35.0 Å². The number of fused-ring (bicyclic) bond motifs is 1. The molecule has 0 bridgehead atoms. The molecule has 0 unspecified atom stereocenters. The van der Waals surface area contributed by atoms with Crippen LogP contribution in [0.2, 0.25) is 5.02 Å². The van der Waals surface area contributed by atoms with Gasteiger partial charge in [0.25, 0.3) is 0 Å². The van der Waals surface area contributed by atoms with Crippen molar-refractivity contribution >= 4 is 22.5 Å². The van der Waals surface area contributed by atoms with Crippen LogP contribution in [0.1, 0.15) is 19.5 Å². The monoisotopic (exact) mass is 223 g/mol. The molecular formula is C12H14ClNO. The van der Waals surface area contributed by atoms with Gasteiger partial charge < -0.3 is 9.72 Å². The molecule has 0 radical (unpaired) electrons. The van der Waals surface area contributed by atoms with E-state index in [1.165, 1.54) is 0 Å². The molecule has 0 fully saturated rings. The maximum atomic E-state index is 6.06. The number of rotatable bonds is 3. The van der Waals surface area contributed by atoms with Crippen molar-refractivity contribution in [2.24, 2.45) is 0 Å². The van der Waals surface area contributed by atoms with Gasteiger partial charge in [0.1, 0.15) is 0 Å². The van der Waals surface area contributed by atoms with Crippen molar-refractivity contribution in [2.75, 3.05) is 0 Å². The summed E-state index contributed by atoms with van der Waals surface area (Å²) in [6.07, 6.45) is 0.242. The number of hydrogen-bond acceptors (Lipinski definition) is 1. The molecule has 0 spiro atoms. The number of aromatic nitrogens is 1. The standard InChI is InChI=1S/C12H14ClNO/c1-8(2)15-7-10-6-9-4-3-5-11(13)12(9)14-10/h3-6,8,14H,7H2,1-2H3. The van der Waals surface area contributed by atoms with E-state index in [9.17, 15) is 0 Å². The van der Waals surface area contributed by atoms with Crippen LogP contribution in [0.4, 0.5) is 0 Å². The highest BCUT2D eigenvalue weighted by molar-refractivity contribution is 6.35. The number of H-pyrrole nitrogens is 1. The molecule has 0 amide bonds. The van der Waals surface area contributed by atoms with Gasteiger partial charge in [0.2, 0.25) is 0 Å². The summed E-state index contributed by atoms with van der Waals surface area (Å²) >= 11 is 6.06. The number of aromatic amines is 1. The Morgan fingerprint density at radius 3 is 2.87 bits per heavy atom. The predicted octanol–water partition coefficient (Wildman–Crippen LogP) is 3.75. The van der Waals surface area contributed by atoms with Crippen molar-refractivity contribution in [3.63, 3.8) is 0 Å². The molecular weight excluding hydrogens is 210 g/mol. The molecule has 0 aliphatic rings. The van der Waals surface area contributed by atoms with Crippen LogP contribution in [0.5, 0.6) is 0 Å². The summed E-state index contributed by atoms with van der Waals surface area (Å²) in [5, 5.41) is 1.88. The summed E-state index contributed by atoms with van der Waals surface area (Å²) in [6, 6.07) is 7.94. The summed E-state index contributed by atoms with van der Waals surface area (Å²) in [4.78, 5) is 3.26. The van der Waals surface area contributed by atoms with Crippen LogP contribution in [0.15, 0.2) is 24.3 Å². The average Bonchev–Trinajstić information content (AvgIpc) is 2.59. The van der Waals surface area contributed by atoms with Crippen molar-refractivity contribution in [1.29, 1.82) is 0 Å². The molecule has 2 rings (SSSR count). The van der Waals surface area contributed by atoms with Crippen molar-refractivity contribution in [2.45, 2.75) is 26.6 Å². The number of hydrogen-bond donors (Lipinski definition) is 1. The highest BCUT2D eigenvalue weighted by Gasteiger charge is 2.04. The van der Waals surface area contributed by atoms with Gasteiger partial charge in [0, 0.05) is 11.1 Å². The first-order chi connectivity index (χ1) is 7.16. The SMILES string of the molecule is CC(C)OCc1cc2cccc(Cl)c2[nH]1. The number of nitrogens with one attached hydrogen (secondary N) is 1. The van der Waals surface area contributed by atoms with Crippen LogP contribution in [0, 0.1) is 0 Å². The predicted molar refractivity (Wildman–Crippen MR) is 63.2 cm³/mol. The van der Waals surface area contributed by atoms with Crippen LogP contribution < -0.4 is 0 Å². The van der Waals surface area contributed by atoms with Crippen LogP contribution in [0.3, 0.4) is 0 Å². The van der Waals surface area contributed by atoms with Gasteiger partial charge in [-0.2, -0.15) is 0 Å². The summed E-state index contributed by atoms with van der Waals surface area (Å²) in [7, 11) is 0. The highest BCUT2D eigenvalue weighted by Crippen LogP contribution is 2.23. The summed E-state index contributed by atoms with van der Waals surface area (Å²) in [6.45, 7) is 4.65. The fourth-order valence-corrected chi connectivity index (χ4v) is 1.74. The van der Waals surface area contributed by atoms with Crippen LogP contribution in [-0.4, -0.2) is 11.1 Å². The minimum atomic E-state index is 0.242. The number of ether oxygens (including phenoxy) is 1. The van der Waals surface area contributed by atoms with Crippen LogP contribution in [-0.2, 0) is 11.3 Å². The molecule has 80 valence electrons. The maximum Gasteiger partial charge on any atom is 0.0869 e. The van der Waals surface area contributed by atoms with E-state index in [0.717, 1.165) is 21.6 Å². The molecule has 1 N–H and O–H groups in total. The first-order valence-electron chi connectivity index (χ1n) is 5.04. The molecule has 1 aromatic heterocycles. The lowest BCUT2D eigenvalue weighted by Gasteiger charge is -2.04. The topological polar surface area (TPSA) is 25.0 Å². The Labute approximate surface area is 94.2 Å². The fourth-order valence-electron chi connectivity index (χ4n) is 1.51. The van der Waals surface area contributed by atoms with E-state index < -0.39 is 0 Å². The number of halogens is 1. The molecule has 0 saturated carbocycles. The Morgan fingerprint density at radius 1 is 1.40 bits per heavy atom. The fraction of sp³-hybridized carbons (Fsp3) is 0.333. The molecule has 1 aromatic carbocycles. The number of benzene rings is 1. The second kappa shape index (κ2) is 4.25. The minimum Gasteiger partial charge on any atom is -0.373 e. The highest BCUT2D eigenvalue weighted by atomic mass is 35.5. The Kier molecular flexibility index (Phi) is 2.98. The van der Waals surface area contributed by atoms with Crippen LogP contribution in [0.25, 0.3) is 10.9 Å². The largest absolute Gasteiger partial charge is 0.373 e. The van der Waals surface area contributed by atoms with Gasteiger partial charge in [0.15, 0.2) is 0 Å². The Hall–Kier alpha value is -0.990. The lowest BCUT2D eigenvalue weighted by atomic mass is 10.2. The lowest BCUT2D eigenvalue weighted by molar-refractivity contribution is 0.0639. The maximum absolute atomic E-state index is 6.06. The Bertz CT molecular complexity index is 462. The molecule has 2 nitrogen and oxygen atoms in total. The van der Waals surface area contributed by atoms with Crippen molar-refractivity contribution < 1.29 is 4.74 Å². The van der Waals surface area contributed by atoms with Gasteiger partial charge in [-0.25, -0.2) is 0 Å². The molecule has 0 aliphatic carbocycles. The van der Waals surface area contributed by atoms with Gasteiger partial charge >= 0.3 is 0 Å². The second-order valence-electron chi connectivity index (χ2n) is 3.86. The first kappa shape index (κ1) is 10.5. The number of para-hydroxylation sites is 1. The molecule has 1 heterocycles. The third-order valence-corrected chi connectivity index (χ3v) is 2.55. The van der Waals surface area contributed by atoms with Gasteiger partial charge in [0.05, 0.1) is 23.3 Å². The molecule has 0 aliphatic heterocycles. The Morgan fingerprint density at radius 2 is 2.20 bits per heavy atom. The van der Waals surface area contributed by atoms with Gasteiger partial charge in [-0.1, -0.05) is 23.7 Å². The molecule has 0 atom stereocenters. The molecule has 0 saturated heterocycles. The van der Waals surface area contributed by atoms with E-state index in [4.69, 9.17) is 16.3 Å². The van der Waals surface area contributed by atoms with Crippen molar-refractivity contribution in [3.8, 4) is 0 Å². The molecule has 2 aromatic rings. The zero-order valence-corrected chi connectivity index (χ0v) is 9.64. The van der Waals surface area contributed by atoms with Crippen LogP contribution >= 0.6 is 11.6 Å². The van der Waals surface area contributed by atoms with E-state index in [1.54, 1.807) is 0 Å². The van der Waals surface area contributed by atoms with E-state index in [-0.39, 0.29) is 6.10 Å². The normalized spacial score (nSPS) is 11.5. The summed E-state index contributed by atoms with van der Waals surface area (Å²) in [5.41, 5.74) is 2.05. The second-order valence-corrected chi connectivity index (χ2v) is 4.27. The molecule has 15 heavy (non-hydrogen) atoms. The lowest BCUT2D eigenvalue weighted by Crippen LogP contribution is -2.02. The van der Waals surface area contributed by atoms with Gasteiger partial charge in [-0.3, -0.25) is 0 Å². The first-order valence-corrected chi connectivity index (χ1v) is 5.42. The zero-order valence-electron chi connectivity index (χ0n) is 8.88. The Balaban J connectivity index is 2.27. The average molecular weight is 224 g/mol. The van der Waals surface area contributed by atoms with Gasteiger partial charge in [-0.05, 0) is 26.0 Å². The van der Waals surface area contributed by atoms with E-state index in [0.29, 0.717) is 6.61 Å². The summed E-state index contributed by atoms with van der Waals surface area (Å²) in [5.74, 6) is 0. The third kappa shape index (κ3) is 2.33.